The summed E-state index contributed by atoms with van der Waals surface area (Å²) in [5.74, 6) is 0.131. The average Bonchev–Trinajstić information content (AvgIpc) is 2.83. The van der Waals surface area contributed by atoms with Gasteiger partial charge in [0.15, 0.2) is 5.43 Å². The zero-order chi connectivity index (χ0) is 22.9. The van der Waals surface area contributed by atoms with E-state index in [0.717, 1.165) is 25.1 Å². The lowest BCUT2D eigenvalue weighted by atomic mass is 10.0. The minimum absolute atomic E-state index is 0.0985. The zero-order valence-electron chi connectivity index (χ0n) is 19.1. The molecule has 1 heterocycles. The van der Waals surface area contributed by atoms with E-state index < -0.39 is 5.97 Å². The number of hydrogen-bond acceptors (Lipinski definition) is 5. The fraction of sp³-hybridized carbons (Fsp3) is 0.333. The van der Waals surface area contributed by atoms with Crippen LogP contribution in [0.15, 0.2) is 57.7 Å². The van der Waals surface area contributed by atoms with Crippen molar-refractivity contribution in [3.63, 3.8) is 0 Å². The zero-order valence-corrected chi connectivity index (χ0v) is 19.1. The third-order valence-corrected chi connectivity index (χ3v) is 5.51. The summed E-state index contributed by atoms with van der Waals surface area (Å²) in [6.07, 6.45) is 5.20. The summed E-state index contributed by atoms with van der Waals surface area (Å²) in [5, 5.41) is 0.406. The minimum atomic E-state index is -0.427. The number of carbonyl (C=O) groups excluding carboxylic acids is 1. The maximum atomic E-state index is 13.3. The van der Waals surface area contributed by atoms with Crippen molar-refractivity contribution >= 4 is 29.1 Å². The Balaban J connectivity index is 1.89. The molecular formula is C27H31NO4. The summed E-state index contributed by atoms with van der Waals surface area (Å²) in [7, 11) is 0. The average molecular weight is 434 g/mol. The molecule has 5 heteroatoms. The second-order valence-corrected chi connectivity index (χ2v) is 7.64. The number of nitrogens with zero attached hydrogens (tertiary/aromatic N) is 1. The summed E-state index contributed by atoms with van der Waals surface area (Å²) >= 11 is 0. The van der Waals surface area contributed by atoms with Gasteiger partial charge in [-0.2, -0.15) is 0 Å². The van der Waals surface area contributed by atoms with Crippen molar-refractivity contribution in [2.45, 2.75) is 33.6 Å². The smallest absolute Gasteiger partial charge is 0.338 e. The molecule has 0 unspecified atom stereocenters. The number of likely N-dealkylation sites (N-methyl/N-ethyl adjacent to an activating group) is 1. The molecule has 2 aromatic carbocycles. The van der Waals surface area contributed by atoms with Crippen molar-refractivity contribution in [3.8, 4) is 0 Å². The number of fused-ring (bicyclic) bond motifs is 1. The molecule has 0 saturated heterocycles. The van der Waals surface area contributed by atoms with Crippen molar-refractivity contribution in [1.82, 2.24) is 4.90 Å². The van der Waals surface area contributed by atoms with E-state index in [1.807, 2.05) is 49.4 Å². The molecule has 5 nitrogen and oxygen atoms in total. The third kappa shape index (κ3) is 5.74. The molecular weight excluding hydrogens is 402 g/mol. The van der Waals surface area contributed by atoms with Gasteiger partial charge in [-0.05, 0) is 49.3 Å². The number of benzene rings is 2. The first kappa shape index (κ1) is 23.5. The first-order valence-corrected chi connectivity index (χ1v) is 11.3. The second-order valence-electron chi connectivity index (χ2n) is 7.64. The lowest BCUT2D eigenvalue weighted by Gasteiger charge is -2.17. The number of esters is 1. The van der Waals surface area contributed by atoms with Crippen molar-refractivity contribution in [1.29, 1.82) is 0 Å². The van der Waals surface area contributed by atoms with E-state index in [1.54, 1.807) is 18.2 Å². The van der Waals surface area contributed by atoms with Gasteiger partial charge in [0, 0.05) is 12.1 Å². The summed E-state index contributed by atoms with van der Waals surface area (Å²) in [6, 6.07) is 14.8. The van der Waals surface area contributed by atoms with Gasteiger partial charge in [-0.15, -0.1) is 0 Å². The lowest BCUT2D eigenvalue weighted by Crippen LogP contribution is -2.27. The molecule has 0 aliphatic carbocycles. The van der Waals surface area contributed by atoms with Crippen LogP contribution < -0.4 is 5.43 Å². The van der Waals surface area contributed by atoms with Crippen molar-refractivity contribution < 1.29 is 13.9 Å². The first-order valence-electron chi connectivity index (χ1n) is 11.3. The molecule has 0 amide bonds. The quantitative estimate of drug-likeness (QED) is 0.400. The van der Waals surface area contributed by atoms with Crippen LogP contribution in [0.5, 0.6) is 0 Å². The van der Waals surface area contributed by atoms with Gasteiger partial charge in [-0.1, -0.05) is 63.6 Å². The topological polar surface area (TPSA) is 59.8 Å². The third-order valence-electron chi connectivity index (χ3n) is 5.51. The maximum absolute atomic E-state index is 13.3. The fourth-order valence-corrected chi connectivity index (χ4v) is 3.63. The van der Waals surface area contributed by atoms with Gasteiger partial charge in [0.05, 0.1) is 10.9 Å². The molecule has 0 N–H and O–H groups in total. The number of ether oxygens (including phenoxy) is 1. The Kier molecular flexibility index (Phi) is 8.40. The SMILES string of the molecule is CCCc1c(C=Cc2ccccc2)oc2ccc(C(=O)OCCN(CC)CC)cc2c1=O. The molecule has 0 fully saturated rings. The highest BCUT2D eigenvalue weighted by atomic mass is 16.5. The molecule has 0 spiro atoms. The lowest BCUT2D eigenvalue weighted by molar-refractivity contribution is 0.0466. The molecule has 3 rings (SSSR count). The molecule has 32 heavy (non-hydrogen) atoms. The Bertz CT molecular complexity index is 1130. The van der Waals surface area contributed by atoms with Crippen molar-refractivity contribution in [2.75, 3.05) is 26.2 Å². The summed E-state index contributed by atoms with van der Waals surface area (Å²) < 4.78 is 11.5. The largest absolute Gasteiger partial charge is 0.461 e. The van der Waals surface area contributed by atoms with E-state index in [1.165, 1.54) is 0 Å². The minimum Gasteiger partial charge on any atom is -0.461 e. The Labute approximate surface area is 189 Å². The standard InChI is InChI=1S/C27H31NO4/c1-4-10-22-24(15-13-20-11-8-7-9-12-20)32-25-16-14-21(19-23(25)26(22)29)27(30)31-18-17-28(5-2)6-3/h7-9,11-16,19H,4-6,10,17-18H2,1-3H3. The number of hydrogen-bond donors (Lipinski definition) is 0. The van der Waals surface area contributed by atoms with Crippen LogP contribution in [0.4, 0.5) is 0 Å². The first-order chi connectivity index (χ1) is 15.6. The predicted molar refractivity (Wildman–Crippen MR) is 130 cm³/mol. The highest BCUT2D eigenvalue weighted by molar-refractivity contribution is 5.94. The molecule has 1 aromatic heterocycles. The summed E-state index contributed by atoms with van der Waals surface area (Å²) in [4.78, 5) is 27.9. The van der Waals surface area contributed by atoms with E-state index in [2.05, 4.69) is 18.7 Å². The van der Waals surface area contributed by atoms with Crippen LogP contribution in [-0.4, -0.2) is 37.1 Å². The fourth-order valence-electron chi connectivity index (χ4n) is 3.63. The van der Waals surface area contributed by atoms with E-state index in [9.17, 15) is 9.59 Å². The van der Waals surface area contributed by atoms with Gasteiger partial charge in [0.2, 0.25) is 0 Å². The highest BCUT2D eigenvalue weighted by Gasteiger charge is 2.15. The normalized spacial score (nSPS) is 11.5. The summed E-state index contributed by atoms with van der Waals surface area (Å²) in [5.41, 5.74) is 2.37. The second kappa shape index (κ2) is 11.4. The van der Waals surface area contributed by atoms with Crippen LogP contribution in [-0.2, 0) is 11.2 Å². The van der Waals surface area contributed by atoms with Crippen LogP contribution in [0.1, 0.15) is 54.4 Å². The van der Waals surface area contributed by atoms with Gasteiger partial charge < -0.3 is 14.1 Å². The van der Waals surface area contributed by atoms with Gasteiger partial charge >= 0.3 is 5.97 Å². The Morgan fingerprint density at radius 1 is 1.03 bits per heavy atom. The Morgan fingerprint density at radius 3 is 2.47 bits per heavy atom. The molecule has 0 aliphatic heterocycles. The molecule has 168 valence electrons. The van der Waals surface area contributed by atoms with E-state index in [-0.39, 0.29) is 5.43 Å². The molecule has 0 atom stereocenters. The monoisotopic (exact) mass is 433 g/mol. The predicted octanol–water partition coefficient (Wildman–Crippen LogP) is 5.41. The molecule has 0 saturated carbocycles. The van der Waals surface area contributed by atoms with Gasteiger partial charge in [0.1, 0.15) is 18.0 Å². The molecule has 0 bridgehead atoms. The van der Waals surface area contributed by atoms with Crippen LogP contribution in [0.3, 0.4) is 0 Å². The number of carbonyl (C=O) groups is 1. The van der Waals surface area contributed by atoms with E-state index >= 15 is 0 Å². The summed E-state index contributed by atoms with van der Waals surface area (Å²) in [6.45, 7) is 9.00. The van der Waals surface area contributed by atoms with Gasteiger partial charge in [0.25, 0.3) is 0 Å². The molecule has 0 aliphatic rings. The van der Waals surface area contributed by atoms with Crippen molar-refractivity contribution in [3.05, 3.63) is 81.2 Å². The molecule has 0 radical (unpaired) electrons. The van der Waals surface area contributed by atoms with E-state index in [0.29, 0.717) is 47.4 Å². The van der Waals surface area contributed by atoms with Crippen molar-refractivity contribution in [2.24, 2.45) is 0 Å². The van der Waals surface area contributed by atoms with Gasteiger partial charge in [-0.3, -0.25) is 4.79 Å². The van der Waals surface area contributed by atoms with Crippen LogP contribution >= 0.6 is 0 Å². The number of rotatable bonds is 10. The van der Waals surface area contributed by atoms with Gasteiger partial charge in [-0.25, -0.2) is 4.79 Å². The van der Waals surface area contributed by atoms with E-state index in [4.69, 9.17) is 9.15 Å². The Hall–Kier alpha value is -3.18. The maximum Gasteiger partial charge on any atom is 0.338 e. The Morgan fingerprint density at radius 2 is 1.78 bits per heavy atom. The van der Waals surface area contributed by atoms with Crippen LogP contribution in [0.25, 0.3) is 23.1 Å². The highest BCUT2D eigenvalue weighted by Crippen LogP contribution is 2.21. The van der Waals surface area contributed by atoms with Crippen LogP contribution in [0, 0.1) is 0 Å². The van der Waals surface area contributed by atoms with Crippen LogP contribution in [0.2, 0.25) is 0 Å². The molecule has 3 aromatic rings.